The second kappa shape index (κ2) is 12.5. The number of esters is 1. The van der Waals surface area contributed by atoms with Gasteiger partial charge in [-0.15, -0.1) is 0 Å². The molecular weight excluding hydrogens is 509 g/mol. The molecule has 1 aliphatic carbocycles. The largest absolute Gasteiger partial charge is 0.494 e. The number of aliphatic imine (C=N–C) groups is 1. The minimum absolute atomic E-state index is 0.0455. The number of ether oxygens (including phenoxy) is 2. The number of hydrogen-bond donors (Lipinski definition) is 0. The van der Waals surface area contributed by atoms with E-state index >= 15 is 0 Å². The molecule has 2 fully saturated rings. The number of anilines is 1. The molecule has 0 N–H and O–H groups in total. The number of unbranched alkanes of at least 4 members (excludes halogenated alkanes) is 1. The summed E-state index contributed by atoms with van der Waals surface area (Å²) in [6, 6.07) is 11.9. The van der Waals surface area contributed by atoms with Crippen LogP contribution in [0.15, 0.2) is 41.4 Å². The summed E-state index contributed by atoms with van der Waals surface area (Å²) in [7, 11) is 0. The van der Waals surface area contributed by atoms with E-state index in [0.717, 1.165) is 94.8 Å². The third kappa shape index (κ3) is 6.78. The summed E-state index contributed by atoms with van der Waals surface area (Å²) in [5.74, 6) is 1.29. The third-order valence-corrected chi connectivity index (χ3v) is 8.41. The SMILES string of the molecule is O=C(OC1=Nc2cc(OCCCCN3CCN(c4cccc(Cl)c4Cl)CC3)ccc2CC1)C1CCCC1. The summed E-state index contributed by atoms with van der Waals surface area (Å²) in [6.45, 7) is 5.66. The number of fused-ring (bicyclic) bond motifs is 1. The first-order valence-electron chi connectivity index (χ1n) is 13.5. The molecule has 8 heteroatoms. The predicted molar refractivity (Wildman–Crippen MR) is 150 cm³/mol. The molecule has 1 saturated heterocycles. The molecule has 2 heterocycles. The zero-order valence-electron chi connectivity index (χ0n) is 21.3. The van der Waals surface area contributed by atoms with Gasteiger partial charge in [-0.2, -0.15) is 0 Å². The Labute approximate surface area is 229 Å². The van der Waals surface area contributed by atoms with Gasteiger partial charge in [0.1, 0.15) is 5.75 Å². The highest BCUT2D eigenvalue weighted by molar-refractivity contribution is 6.43. The number of benzene rings is 2. The van der Waals surface area contributed by atoms with Crippen LogP contribution in [0.1, 0.15) is 50.5 Å². The van der Waals surface area contributed by atoms with Gasteiger partial charge in [0.25, 0.3) is 0 Å². The van der Waals surface area contributed by atoms with E-state index in [1.165, 1.54) is 5.56 Å². The van der Waals surface area contributed by atoms with Crippen molar-refractivity contribution >= 4 is 46.4 Å². The van der Waals surface area contributed by atoms with Gasteiger partial charge in [0.2, 0.25) is 0 Å². The molecule has 0 bridgehead atoms. The maximum Gasteiger partial charge on any atom is 0.315 e. The number of piperazine rings is 1. The van der Waals surface area contributed by atoms with Crippen LogP contribution in [0.3, 0.4) is 0 Å². The van der Waals surface area contributed by atoms with E-state index in [4.69, 9.17) is 32.7 Å². The Balaban J connectivity index is 1.03. The standard InChI is InChI=1S/C29H35Cl2N3O3/c30-24-8-5-9-26(28(24)31)34-17-15-33(16-18-34)14-3-4-19-36-23-12-10-21-11-13-27(32-25(21)20-23)37-29(35)22-6-1-2-7-22/h5,8-10,12,20,22H,1-4,6-7,11,13-19H2. The van der Waals surface area contributed by atoms with E-state index in [1.54, 1.807) is 0 Å². The second-order valence-electron chi connectivity index (χ2n) is 10.2. The average Bonchev–Trinajstić information content (AvgIpc) is 3.46. The average molecular weight is 545 g/mol. The van der Waals surface area contributed by atoms with Gasteiger partial charge in [0.05, 0.1) is 33.9 Å². The molecule has 6 nitrogen and oxygen atoms in total. The molecule has 5 rings (SSSR count). The van der Waals surface area contributed by atoms with Crippen molar-refractivity contribution in [1.29, 1.82) is 0 Å². The van der Waals surface area contributed by atoms with Gasteiger partial charge in [0.15, 0.2) is 5.90 Å². The van der Waals surface area contributed by atoms with Crippen LogP contribution in [0.4, 0.5) is 11.4 Å². The zero-order chi connectivity index (χ0) is 25.6. The number of halogens is 2. The minimum Gasteiger partial charge on any atom is -0.494 e. The molecular formula is C29H35Cl2N3O3. The summed E-state index contributed by atoms with van der Waals surface area (Å²) in [5.41, 5.74) is 3.05. The molecule has 2 aliphatic heterocycles. The van der Waals surface area contributed by atoms with Crippen LogP contribution < -0.4 is 9.64 Å². The molecule has 2 aromatic carbocycles. The Morgan fingerprint density at radius 1 is 1.00 bits per heavy atom. The lowest BCUT2D eigenvalue weighted by atomic mass is 10.0. The number of carbonyl (C=O) groups excluding carboxylic acids is 1. The Bertz CT molecular complexity index is 1130. The van der Waals surface area contributed by atoms with Gasteiger partial charge < -0.3 is 14.4 Å². The van der Waals surface area contributed by atoms with Crippen LogP contribution in [-0.2, 0) is 16.0 Å². The van der Waals surface area contributed by atoms with E-state index in [0.29, 0.717) is 29.0 Å². The molecule has 3 aliphatic rings. The van der Waals surface area contributed by atoms with Crippen LogP contribution in [-0.4, -0.2) is 56.1 Å². The first-order valence-corrected chi connectivity index (χ1v) is 14.3. The van der Waals surface area contributed by atoms with Crippen molar-refractivity contribution in [3.05, 3.63) is 52.0 Å². The van der Waals surface area contributed by atoms with Gasteiger partial charge in [-0.25, -0.2) is 4.99 Å². The number of hydrogen-bond acceptors (Lipinski definition) is 6. The molecule has 0 amide bonds. The summed E-state index contributed by atoms with van der Waals surface area (Å²) in [4.78, 5) is 21.8. The fraction of sp³-hybridized carbons (Fsp3) is 0.517. The van der Waals surface area contributed by atoms with Gasteiger partial charge in [-0.1, -0.05) is 48.2 Å². The number of rotatable bonds is 8. The van der Waals surface area contributed by atoms with E-state index < -0.39 is 0 Å². The normalized spacial score (nSPS) is 18.4. The van der Waals surface area contributed by atoms with Crippen LogP contribution in [0.2, 0.25) is 10.0 Å². The third-order valence-electron chi connectivity index (χ3n) is 7.60. The van der Waals surface area contributed by atoms with Crippen LogP contribution in [0, 0.1) is 5.92 Å². The van der Waals surface area contributed by atoms with Gasteiger partial charge in [-0.3, -0.25) is 9.69 Å². The highest BCUT2D eigenvalue weighted by Crippen LogP contribution is 2.33. The monoisotopic (exact) mass is 543 g/mol. The zero-order valence-corrected chi connectivity index (χ0v) is 22.8. The van der Waals surface area contributed by atoms with Gasteiger partial charge in [-0.05, 0) is 62.4 Å². The fourth-order valence-electron chi connectivity index (χ4n) is 5.39. The Hall–Kier alpha value is -2.28. The second-order valence-corrected chi connectivity index (χ2v) is 10.9. The van der Waals surface area contributed by atoms with E-state index in [2.05, 4.69) is 20.9 Å². The van der Waals surface area contributed by atoms with Gasteiger partial charge in [0, 0.05) is 38.7 Å². The molecule has 0 radical (unpaired) electrons. The maximum absolute atomic E-state index is 12.4. The summed E-state index contributed by atoms with van der Waals surface area (Å²) >= 11 is 12.6. The van der Waals surface area contributed by atoms with E-state index in [9.17, 15) is 4.79 Å². The van der Waals surface area contributed by atoms with E-state index in [1.807, 2.05) is 30.3 Å². The summed E-state index contributed by atoms with van der Waals surface area (Å²) in [5, 5.41) is 1.25. The molecule has 37 heavy (non-hydrogen) atoms. The van der Waals surface area contributed by atoms with Crippen molar-refractivity contribution in [2.45, 2.75) is 51.4 Å². The van der Waals surface area contributed by atoms with Crippen LogP contribution in [0.25, 0.3) is 0 Å². The quantitative estimate of drug-likeness (QED) is 0.274. The Morgan fingerprint density at radius 2 is 1.81 bits per heavy atom. The smallest absolute Gasteiger partial charge is 0.315 e. The molecule has 0 atom stereocenters. The van der Waals surface area contributed by atoms with Crippen molar-refractivity contribution in [3.8, 4) is 5.75 Å². The van der Waals surface area contributed by atoms with Crippen molar-refractivity contribution in [3.63, 3.8) is 0 Å². The predicted octanol–water partition coefficient (Wildman–Crippen LogP) is 6.68. The number of aryl methyl sites for hydroxylation is 1. The van der Waals surface area contributed by atoms with Crippen molar-refractivity contribution in [2.75, 3.05) is 44.2 Å². The highest BCUT2D eigenvalue weighted by atomic mass is 35.5. The van der Waals surface area contributed by atoms with Crippen LogP contribution >= 0.6 is 23.2 Å². The van der Waals surface area contributed by atoms with Crippen LogP contribution in [0.5, 0.6) is 5.75 Å². The topological polar surface area (TPSA) is 54.4 Å². The van der Waals surface area contributed by atoms with Gasteiger partial charge >= 0.3 is 5.97 Å². The van der Waals surface area contributed by atoms with Crippen molar-refractivity contribution in [1.82, 2.24) is 4.90 Å². The summed E-state index contributed by atoms with van der Waals surface area (Å²) < 4.78 is 11.7. The van der Waals surface area contributed by atoms with Crippen molar-refractivity contribution < 1.29 is 14.3 Å². The molecule has 0 spiro atoms. The van der Waals surface area contributed by atoms with E-state index in [-0.39, 0.29) is 11.9 Å². The number of nitrogens with zero attached hydrogens (tertiary/aromatic N) is 3. The highest BCUT2D eigenvalue weighted by Gasteiger charge is 2.26. The maximum atomic E-state index is 12.4. The first kappa shape index (κ1) is 26.3. The molecule has 0 unspecified atom stereocenters. The lowest BCUT2D eigenvalue weighted by Gasteiger charge is -2.36. The Morgan fingerprint density at radius 3 is 2.62 bits per heavy atom. The lowest BCUT2D eigenvalue weighted by molar-refractivity contribution is -0.140. The first-order chi connectivity index (χ1) is 18.1. The number of carbonyl (C=O) groups is 1. The lowest BCUT2D eigenvalue weighted by Crippen LogP contribution is -2.46. The Kier molecular flexibility index (Phi) is 8.90. The molecule has 198 valence electrons. The molecule has 1 saturated carbocycles. The molecule has 0 aromatic heterocycles. The minimum atomic E-state index is -0.109. The summed E-state index contributed by atoms with van der Waals surface area (Å²) in [6.07, 6.45) is 7.70. The molecule has 2 aromatic rings. The van der Waals surface area contributed by atoms with Crippen molar-refractivity contribution in [2.24, 2.45) is 10.9 Å². The fourth-order valence-corrected chi connectivity index (χ4v) is 5.81.